The van der Waals surface area contributed by atoms with E-state index < -0.39 is 18.0 Å². The second-order valence-electron chi connectivity index (χ2n) is 7.39. The standard InChI is InChI=1S/C26H27NO4/c1-4-30-23-13-9-8-12-22(23)27-25(28)24(20-10-6-5-7-11-20)31-26(29)21-16-14-19(15-17-21)18(2)3/h5-18,24H,4H2,1-3H3,(H,27,28)/t24-/m1/s1. The van der Waals surface area contributed by atoms with Crippen LogP contribution >= 0.6 is 0 Å². The summed E-state index contributed by atoms with van der Waals surface area (Å²) in [7, 11) is 0. The number of anilines is 1. The first-order valence-corrected chi connectivity index (χ1v) is 10.4. The lowest BCUT2D eigenvalue weighted by molar-refractivity contribution is -0.125. The highest BCUT2D eigenvalue weighted by Gasteiger charge is 2.26. The Bertz CT molecular complexity index is 1010. The topological polar surface area (TPSA) is 64.6 Å². The molecule has 3 aromatic rings. The van der Waals surface area contributed by atoms with Gasteiger partial charge >= 0.3 is 5.97 Å². The summed E-state index contributed by atoms with van der Waals surface area (Å²) in [4.78, 5) is 25.9. The first-order valence-electron chi connectivity index (χ1n) is 10.4. The number of benzene rings is 3. The number of esters is 1. The highest BCUT2D eigenvalue weighted by Crippen LogP contribution is 2.27. The largest absolute Gasteiger partial charge is 0.492 e. The van der Waals surface area contributed by atoms with Crippen LogP contribution in [0, 0.1) is 0 Å². The number of para-hydroxylation sites is 2. The van der Waals surface area contributed by atoms with Crippen molar-refractivity contribution in [3.05, 3.63) is 95.6 Å². The van der Waals surface area contributed by atoms with Gasteiger partial charge in [0.25, 0.3) is 5.91 Å². The minimum Gasteiger partial charge on any atom is -0.492 e. The van der Waals surface area contributed by atoms with Gasteiger partial charge in [0.1, 0.15) is 5.75 Å². The van der Waals surface area contributed by atoms with Crippen LogP contribution in [0.2, 0.25) is 0 Å². The van der Waals surface area contributed by atoms with Gasteiger partial charge < -0.3 is 14.8 Å². The Morgan fingerprint density at radius 2 is 1.48 bits per heavy atom. The quantitative estimate of drug-likeness (QED) is 0.474. The second-order valence-corrected chi connectivity index (χ2v) is 7.39. The predicted octanol–water partition coefficient (Wildman–Crippen LogP) is 5.75. The normalized spacial score (nSPS) is 11.6. The third-order valence-electron chi connectivity index (χ3n) is 4.82. The number of hydrogen-bond acceptors (Lipinski definition) is 4. The van der Waals surface area contributed by atoms with E-state index in [1.807, 2.05) is 31.2 Å². The molecule has 0 spiro atoms. The van der Waals surface area contributed by atoms with Crippen molar-refractivity contribution in [1.82, 2.24) is 0 Å². The molecule has 0 heterocycles. The molecule has 0 aromatic heterocycles. The van der Waals surface area contributed by atoms with Crippen LogP contribution in [-0.4, -0.2) is 18.5 Å². The average molecular weight is 418 g/mol. The van der Waals surface area contributed by atoms with E-state index in [2.05, 4.69) is 19.2 Å². The molecule has 5 nitrogen and oxygen atoms in total. The molecule has 5 heteroatoms. The van der Waals surface area contributed by atoms with E-state index in [0.29, 0.717) is 35.1 Å². The molecular weight excluding hydrogens is 390 g/mol. The molecule has 0 radical (unpaired) electrons. The molecule has 0 fully saturated rings. The van der Waals surface area contributed by atoms with Crippen LogP contribution in [0.5, 0.6) is 5.75 Å². The number of hydrogen-bond donors (Lipinski definition) is 1. The van der Waals surface area contributed by atoms with Crippen LogP contribution in [0.25, 0.3) is 0 Å². The van der Waals surface area contributed by atoms with Gasteiger partial charge in [0, 0.05) is 5.56 Å². The van der Waals surface area contributed by atoms with Gasteiger partial charge in [-0.25, -0.2) is 4.79 Å². The lowest BCUT2D eigenvalue weighted by Gasteiger charge is -2.19. The molecule has 0 aliphatic heterocycles. The molecule has 0 aliphatic rings. The Morgan fingerprint density at radius 3 is 2.13 bits per heavy atom. The molecule has 1 N–H and O–H groups in total. The predicted molar refractivity (Wildman–Crippen MR) is 121 cm³/mol. The third-order valence-corrected chi connectivity index (χ3v) is 4.82. The van der Waals surface area contributed by atoms with E-state index in [1.54, 1.807) is 54.6 Å². The van der Waals surface area contributed by atoms with Gasteiger partial charge in [0.2, 0.25) is 6.10 Å². The van der Waals surface area contributed by atoms with Gasteiger partial charge in [-0.2, -0.15) is 0 Å². The first-order chi connectivity index (χ1) is 15.0. The summed E-state index contributed by atoms with van der Waals surface area (Å²) >= 11 is 0. The van der Waals surface area contributed by atoms with E-state index in [1.165, 1.54) is 0 Å². The summed E-state index contributed by atoms with van der Waals surface area (Å²) in [6.45, 7) is 6.51. The summed E-state index contributed by atoms with van der Waals surface area (Å²) in [5.41, 5.74) is 2.63. The van der Waals surface area contributed by atoms with Crippen LogP contribution in [0.1, 0.15) is 54.3 Å². The number of carbonyl (C=O) groups is 2. The molecule has 160 valence electrons. The molecule has 3 aromatic carbocycles. The summed E-state index contributed by atoms with van der Waals surface area (Å²) in [5, 5.41) is 2.83. The van der Waals surface area contributed by atoms with Gasteiger partial charge in [0.05, 0.1) is 17.9 Å². The van der Waals surface area contributed by atoms with Gasteiger partial charge in [-0.15, -0.1) is 0 Å². The highest BCUT2D eigenvalue weighted by atomic mass is 16.5. The van der Waals surface area contributed by atoms with E-state index in [0.717, 1.165) is 5.56 Å². The summed E-state index contributed by atoms with van der Waals surface area (Å²) < 4.78 is 11.2. The van der Waals surface area contributed by atoms with Crippen LogP contribution < -0.4 is 10.1 Å². The molecule has 0 bridgehead atoms. The molecule has 0 saturated heterocycles. The third kappa shape index (κ3) is 5.72. The fourth-order valence-corrected chi connectivity index (χ4v) is 3.13. The van der Waals surface area contributed by atoms with Gasteiger partial charge in [-0.1, -0.05) is 68.4 Å². The Morgan fingerprint density at radius 1 is 0.839 bits per heavy atom. The maximum Gasteiger partial charge on any atom is 0.339 e. The van der Waals surface area contributed by atoms with Crippen molar-refractivity contribution >= 4 is 17.6 Å². The Hall–Kier alpha value is -3.60. The number of ether oxygens (including phenoxy) is 2. The molecule has 1 amide bonds. The van der Waals surface area contributed by atoms with Crippen molar-refractivity contribution < 1.29 is 19.1 Å². The van der Waals surface area contributed by atoms with Crippen LogP contribution in [0.15, 0.2) is 78.9 Å². The Labute approximate surface area is 183 Å². The molecular formula is C26H27NO4. The molecule has 3 rings (SSSR count). The number of amides is 1. The molecule has 0 saturated carbocycles. The fourth-order valence-electron chi connectivity index (χ4n) is 3.13. The maximum atomic E-state index is 13.1. The van der Waals surface area contributed by atoms with Crippen molar-refractivity contribution in [2.75, 3.05) is 11.9 Å². The van der Waals surface area contributed by atoms with Crippen molar-refractivity contribution in [1.29, 1.82) is 0 Å². The zero-order chi connectivity index (χ0) is 22.2. The first kappa shape index (κ1) is 22.1. The van der Waals surface area contributed by atoms with Crippen molar-refractivity contribution in [3.8, 4) is 5.75 Å². The van der Waals surface area contributed by atoms with Crippen molar-refractivity contribution in [3.63, 3.8) is 0 Å². The SMILES string of the molecule is CCOc1ccccc1NC(=O)[C@H](OC(=O)c1ccc(C(C)C)cc1)c1ccccc1. The zero-order valence-corrected chi connectivity index (χ0v) is 18.0. The minimum atomic E-state index is -1.10. The monoisotopic (exact) mass is 417 g/mol. The smallest absolute Gasteiger partial charge is 0.339 e. The van der Waals surface area contributed by atoms with Crippen molar-refractivity contribution in [2.24, 2.45) is 0 Å². The molecule has 0 unspecified atom stereocenters. The molecule has 1 atom stereocenters. The summed E-state index contributed by atoms with van der Waals surface area (Å²) in [6.07, 6.45) is -1.10. The molecule has 31 heavy (non-hydrogen) atoms. The van der Waals surface area contributed by atoms with Crippen LogP contribution in [0.4, 0.5) is 5.69 Å². The van der Waals surface area contributed by atoms with Gasteiger partial charge in [-0.05, 0) is 42.7 Å². The highest BCUT2D eigenvalue weighted by molar-refractivity contribution is 5.99. The number of rotatable bonds is 8. The van der Waals surface area contributed by atoms with Crippen molar-refractivity contribution in [2.45, 2.75) is 32.8 Å². The summed E-state index contributed by atoms with van der Waals surface area (Å²) in [6, 6.07) is 23.4. The average Bonchev–Trinajstić information content (AvgIpc) is 2.79. The maximum absolute atomic E-state index is 13.1. The lowest BCUT2D eigenvalue weighted by atomic mass is 10.0. The summed E-state index contributed by atoms with van der Waals surface area (Å²) in [5.74, 6) is -0.0954. The molecule has 0 aliphatic carbocycles. The minimum absolute atomic E-state index is 0.360. The van der Waals surface area contributed by atoms with E-state index in [-0.39, 0.29) is 0 Å². The van der Waals surface area contributed by atoms with Crippen LogP contribution in [0.3, 0.4) is 0 Å². The van der Waals surface area contributed by atoms with E-state index >= 15 is 0 Å². The fraction of sp³-hybridized carbons (Fsp3) is 0.231. The van der Waals surface area contributed by atoms with E-state index in [9.17, 15) is 9.59 Å². The number of carbonyl (C=O) groups excluding carboxylic acids is 2. The zero-order valence-electron chi connectivity index (χ0n) is 18.0. The Balaban J connectivity index is 1.83. The Kier molecular flexibility index (Phi) is 7.44. The van der Waals surface area contributed by atoms with Gasteiger partial charge in [0.15, 0.2) is 0 Å². The second kappa shape index (κ2) is 10.4. The number of nitrogens with one attached hydrogen (secondary N) is 1. The lowest BCUT2D eigenvalue weighted by Crippen LogP contribution is -2.26. The van der Waals surface area contributed by atoms with Gasteiger partial charge in [-0.3, -0.25) is 4.79 Å². The van der Waals surface area contributed by atoms with E-state index in [4.69, 9.17) is 9.47 Å². The van der Waals surface area contributed by atoms with Crippen LogP contribution in [-0.2, 0) is 9.53 Å².